The van der Waals surface area contributed by atoms with Crippen LogP contribution in [-0.4, -0.2) is 25.5 Å². The lowest BCUT2D eigenvalue weighted by Crippen LogP contribution is -2.52. The number of thiol groups is 2. The summed E-state index contributed by atoms with van der Waals surface area (Å²) in [6, 6.07) is 0. The Bertz CT molecular complexity index is 70.3. The van der Waals surface area contributed by atoms with Crippen LogP contribution in [0, 0.1) is 0 Å². The molecule has 8 heavy (non-hydrogen) atoms. The summed E-state index contributed by atoms with van der Waals surface area (Å²) in [5.74, 6) is -3.06. The molecule has 0 rings (SSSR count). The van der Waals surface area contributed by atoms with Crippen LogP contribution < -0.4 is 5.73 Å². The molecule has 0 radical (unpaired) electrons. The first kappa shape index (κ1) is 8.54. The van der Waals surface area contributed by atoms with Crippen LogP contribution in [0.1, 0.15) is 0 Å². The summed E-state index contributed by atoms with van der Waals surface area (Å²) in [6.45, 7) is 0. The third-order valence-electron chi connectivity index (χ3n) is 0.494. The predicted molar refractivity (Wildman–Crippen MR) is 34.3 cm³/mol. The van der Waals surface area contributed by atoms with E-state index >= 15 is 0 Å². The fraction of sp³-hybridized carbons (Fsp3) is 1.00. The molecule has 0 aliphatic heterocycles. The van der Waals surface area contributed by atoms with Crippen molar-refractivity contribution in [1.82, 2.24) is 0 Å². The van der Waals surface area contributed by atoms with Crippen molar-refractivity contribution in [3.8, 4) is 0 Å². The molecule has 0 aliphatic carbocycles. The van der Waals surface area contributed by atoms with Gasteiger partial charge in [0.15, 0.2) is 4.20 Å². The molecule has 4 nitrogen and oxygen atoms in total. The highest BCUT2D eigenvalue weighted by atomic mass is 32.2. The van der Waals surface area contributed by atoms with E-state index in [1.165, 1.54) is 0 Å². The first-order chi connectivity index (χ1) is 3.25. The standard InChI is InChI=1S/C2H7NO3S2/c3-1(7,8)2(4,5)6/h4-8H,3H2. The zero-order chi connectivity index (χ0) is 7.00. The van der Waals surface area contributed by atoms with Gasteiger partial charge >= 0.3 is 5.97 Å². The minimum absolute atomic E-state index is 2.01. The zero-order valence-electron chi connectivity index (χ0n) is 3.81. The average molecular weight is 157 g/mol. The number of hydrogen-bond acceptors (Lipinski definition) is 6. The third-order valence-corrected chi connectivity index (χ3v) is 1.09. The van der Waals surface area contributed by atoms with Crippen LogP contribution >= 0.6 is 25.3 Å². The van der Waals surface area contributed by atoms with Crippen LogP contribution in [0.4, 0.5) is 0 Å². The van der Waals surface area contributed by atoms with Gasteiger partial charge in [-0.1, -0.05) is 0 Å². The van der Waals surface area contributed by atoms with Crippen LogP contribution in [0.5, 0.6) is 0 Å². The largest absolute Gasteiger partial charge is 0.341 e. The van der Waals surface area contributed by atoms with Gasteiger partial charge in [-0.05, 0) is 0 Å². The van der Waals surface area contributed by atoms with Crippen molar-refractivity contribution in [2.45, 2.75) is 10.2 Å². The quantitative estimate of drug-likeness (QED) is 0.198. The SMILES string of the molecule is NC(S)(S)C(O)(O)O. The Morgan fingerprint density at radius 3 is 1.25 bits per heavy atom. The number of aliphatic hydroxyl groups is 3. The van der Waals surface area contributed by atoms with Crippen LogP contribution in [0.3, 0.4) is 0 Å². The second-order valence-electron chi connectivity index (χ2n) is 1.36. The molecule has 0 atom stereocenters. The van der Waals surface area contributed by atoms with Crippen molar-refractivity contribution in [2.75, 3.05) is 0 Å². The summed E-state index contributed by atoms with van der Waals surface area (Å²) in [5.41, 5.74) is 4.79. The minimum atomic E-state index is -3.06. The van der Waals surface area contributed by atoms with Crippen molar-refractivity contribution in [3.63, 3.8) is 0 Å². The van der Waals surface area contributed by atoms with Crippen LogP contribution in [0.2, 0.25) is 0 Å². The molecule has 0 aromatic carbocycles. The lowest BCUT2D eigenvalue weighted by molar-refractivity contribution is -0.314. The van der Waals surface area contributed by atoms with Gasteiger partial charge in [-0.3, -0.25) is 0 Å². The molecule has 0 saturated heterocycles. The smallest absolute Gasteiger partial charge is 0.314 e. The van der Waals surface area contributed by atoms with E-state index in [9.17, 15) is 0 Å². The summed E-state index contributed by atoms with van der Waals surface area (Å²) < 4.78 is -2.01. The highest BCUT2D eigenvalue weighted by Crippen LogP contribution is 2.21. The maximum atomic E-state index is 8.19. The Balaban J connectivity index is 4.02. The summed E-state index contributed by atoms with van der Waals surface area (Å²) >= 11 is 6.65. The number of hydrogen-bond donors (Lipinski definition) is 6. The Hall–Kier alpha value is 0.540. The van der Waals surface area contributed by atoms with Crippen LogP contribution in [0.15, 0.2) is 0 Å². The molecule has 0 bridgehead atoms. The van der Waals surface area contributed by atoms with Crippen molar-refractivity contribution in [3.05, 3.63) is 0 Å². The molecule has 0 amide bonds. The molecule has 0 saturated carbocycles. The normalized spacial score (nSPS) is 14.2. The fourth-order valence-electron chi connectivity index (χ4n) is 0. The van der Waals surface area contributed by atoms with Gasteiger partial charge in [-0.2, -0.15) is 0 Å². The zero-order valence-corrected chi connectivity index (χ0v) is 5.60. The van der Waals surface area contributed by atoms with Gasteiger partial charge in [0, 0.05) is 0 Å². The van der Waals surface area contributed by atoms with E-state index in [1.807, 2.05) is 0 Å². The average Bonchev–Trinajstić information content (AvgIpc) is 1.25. The summed E-state index contributed by atoms with van der Waals surface area (Å²) in [6.07, 6.45) is 0. The van der Waals surface area contributed by atoms with Crippen LogP contribution in [-0.2, 0) is 0 Å². The maximum Gasteiger partial charge on any atom is 0.314 e. The Labute approximate surface area is 57.1 Å². The van der Waals surface area contributed by atoms with Crippen molar-refractivity contribution in [1.29, 1.82) is 0 Å². The minimum Gasteiger partial charge on any atom is -0.341 e. The van der Waals surface area contributed by atoms with Gasteiger partial charge in [-0.25, -0.2) is 0 Å². The molecule has 5 N–H and O–H groups in total. The van der Waals surface area contributed by atoms with Crippen LogP contribution in [0.25, 0.3) is 0 Å². The molecular weight excluding hydrogens is 150 g/mol. The lowest BCUT2D eigenvalue weighted by Gasteiger charge is -2.26. The highest BCUT2D eigenvalue weighted by Gasteiger charge is 2.39. The summed E-state index contributed by atoms with van der Waals surface area (Å²) in [7, 11) is 0. The van der Waals surface area contributed by atoms with Gasteiger partial charge in [0.1, 0.15) is 0 Å². The van der Waals surface area contributed by atoms with Gasteiger partial charge in [0.05, 0.1) is 0 Å². The molecule has 0 aliphatic rings. The Morgan fingerprint density at radius 1 is 1.12 bits per heavy atom. The molecule has 0 unspecified atom stereocenters. The molecule has 0 spiro atoms. The molecule has 6 heteroatoms. The Kier molecular flexibility index (Phi) is 2.19. The topological polar surface area (TPSA) is 86.7 Å². The molecular formula is C2H7NO3S2. The third kappa shape index (κ3) is 2.21. The highest BCUT2D eigenvalue weighted by molar-refractivity contribution is 8.00. The Morgan fingerprint density at radius 2 is 1.25 bits per heavy atom. The predicted octanol–water partition coefficient (Wildman–Crippen LogP) is -1.91. The fourth-order valence-corrected chi connectivity index (χ4v) is 0. The van der Waals surface area contributed by atoms with Gasteiger partial charge < -0.3 is 21.1 Å². The van der Waals surface area contributed by atoms with Gasteiger partial charge in [0.25, 0.3) is 0 Å². The first-order valence-corrected chi connectivity index (χ1v) is 2.55. The van der Waals surface area contributed by atoms with E-state index in [4.69, 9.17) is 21.1 Å². The number of nitrogens with two attached hydrogens (primary N) is 1. The lowest BCUT2D eigenvalue weighted by atomic mass is 10.5. The summed E-state index contributed by atoms with van der Waals surface area (Å²) in [5, 5.41) is 24.6. The molecule has 0 heterocycles. The van der Waals surface area contributed by atoms with Gasteiger partial charge in [-0.15, -0.1) is 25.3 Å². The van der Waals surface area contributed by atoms with Crippen molar-refractivity contribution in [2.24, 2.45) is 5.73 Å². The van der Waals surface area contributed by atoms with E-state index < -0.39 is 10.2 Å². The summed E-state index contributed by atoms with van der Waals surface area (Å²) in [4.78, 5) is 0. The number of rotatable bonds is 1. The first-order valence-electron chi connectivity index (χ1n) is 1.66. The molecule has 0 aromatic heterocycles. The van der Waals surface area contributed by atoms with E-state index in [2.05, 4.69) is 25.3 Å². The van der Waals surface area contributed by atoms with Crippen molar-refractivity contribution >= 4 is 25.3 Å². The monoisotopic (exact) mass is 157 g/mol. The van der Waals surface area contributed by atoms with E-state index in [0.29, 0.717) is 0 Å². The maximum absolute atomic E-state index is 8.19. The molecule has 0 aromatic rings. The molecule has 0 fully saturated rings. The second-order valence-corrected chi connectivity index (χ2v) is 3.13. The van der Waals surface area contributed by atoms with E-state index in [1.54, 1.807) is 0 Å². The van der Waals surface area contributed by atoms with Gasteiger partial charge in [0.2, 0.25) is 0 Å². The van der Waals surface area contributed by atoms with E-state index in [0.717, 1.165) is 0 Å². The van der Waals surface area contributed by atoms with E-state index in [-0.39, 0.29) is 0 Å². The van der Waals surface area contributed by atoms with Crippen molar-refractivity contribution < 1.29 is 15.3 Å². The molecule has 50 valence electrons. The second kappa shape index (κ2) is 2.05.